The molecule has 1 unspecified atom stereocenters. The van der Waals surface area contributed by atoms with Gasteiger partial charge in [0.1, 0.15) is 0 Å². The van der Waals surface area contributed by atoms with Crippen LogP contribution in [0.25, 0.3) is 0 Å². The van der Waals surface area contributed by atoms with E-state index in [9.17, 15) is 9.59 Å². The molecule has 16 heavy (non-hydrogen) atoms. The first-order chi connectivity index (χ1) is 7.40. The van der Waals surface area contributed by atoms with Crippen LogP contribution in [-0.4, -0.2) is 11.9 Å². The molecule has 0 aliphatic carbocycles. The Morgan fingerprint density at radius 2 is 1.62 bits per heavy atom. The molecule has 3 nitrogen and oxygen atoms in total. The Balaban J connectivity index is 2.67. The van der Waals surface area contributed by atoms with Crippen molar-refractivity contribution in [2.75, 3.05) is 0 Å². The van der Waals surface area contributed by atoms with Crippen LogP contribution < -0.4 is 0 Å². The molecule has 0 saturated carbocycles. The van der Waals surface area contributed by atoms with Crippen LogP contribution in [0.3, 0.4) is 0 Å². The smallest absolute Gasteiger partial charge is 0.317 e. The fourth-order valence-corrected chi connectivity index (χ4v) is 2.49. The molecule has 1 rings (SSSR count). The molecule has 0 spiro atoms. The number of cyclic esters (lactones) is 2. The topological polar surface area (TPSA) is 43.4 Å². The van der Waals surface area contributed by atoms with Crippen molar-refractivity contribution in [2.24, 2.45) is 23.7 Å². The highest BCUT2D eigenvalue weighted by Crippen LogP contribution is 2.33. The minimum atomic E-state index is -0.354. The highest BCUT2D eigenvalue weighted by molar-refractivity contribution is 5.94. The molecule has 1 fully saturated rings. The van der Waals surface area contributed by atoms with Crippen LogP contribution in [0.1, 0.15) is 47.0 Å². The van der Waals surface area contributed by atoms with Gasteiger partial charge in [-0.25, -0.2) is 0 Å². The third-order valence-electron chi connectivity index (χ3n) is 3.02. The molecule has 1 aliphatic heterocycles. The van der Waals surface area contributed by atoms with Gasteiger partial charge in [0.05, 0.1) is 12.3 Å². The minimum Gasteiger partial charge on any atom is -0.393 e. The van der Waals surface area contributed by atoms with Crippen molar-refractivity contribution >= 4 is 11.9 Å². The molecule has 1 saturated heterocycles. The fourth-order valence-electron chi connectivity index (χ4n) is 2.49. The summed E-state index contributed by atoms with van der Waals surface area (Å²) in [5.41, 5.74) is 0. The Hall–Kier alpha value is -0.860. The summed E-state index contributed by atoms with van der Waals surface area (Å²) in [5, 5.41) is 0. The zero-order chi connectivity index (χ0) is 12.3. The highest BCUT2D eigenvalue weighted by atomic mass is 16.6. The predicted molar refractivity (Wildman–Crippen MR) is 61.6 cm³/mol. The molecule has 0 aromatic rings. The summed E-state index contributed by atoms with van der Waals surface area (Å²) in [7, 11) is 0. The largest absolute Gasteiger partial charge is 0.393 e. The van der Waals surface area contributed by atoms with Crippen LogP contribution >= 0.6 is 0 Å². The first kappa shape index (κ1) is 13.2. The average molecular weight is 226 g/mol. The molecule has 92 valence electrons. The lowest BCUT2D eigenvalue weighted by Crippen LogP contribution is -2.22. The van der Waals surface area contributed by atoms with Gasteiger partial charge in [-0.05, 0) is 30.6 Å². The SMILES string of the molecule is CC(C)CC(CC(C)C)C1CC(=O)OC1=O. The van der Waals surface area contributed by atoms with E-state index in [2.05, 4.69) is 32.4 Å². The Labute approximate surface area is 97.5 Å². The summed E-state index contributed by atoms with van der Waals surface area (Å²) in [5.74, 6) is 0.527. The zero-order valence-electron chi connectivity index (χ0n) is 10.7. The molecular weight excluding hydrogens is 204 g/mol. The zero-order valence-corrected chi connectivity index (χ0v) is 10.7. The second-order valence-corrected chi connectivity index (χ2v) is 5.62. The number of esters is 2. The Kier molecular flexibility index (Phi) is 4.51. The maximum atomic E-state index is 11.5. The number of rotatable bonds is 5. The van der Waals surface area contributed by atoms with Gasteiger partial charge in [-0.15, -0.1) is 0 Å². The summed E-state index contributed by atoms with van der Waals surface area (Å²) in [6, 6.07) is 0. The summed E-state index contributed by atoms with van der Waals surface area (Å²) >= 11 is 0. The summed E-state index contributed by atoms with van der Waals surface area (Å²) in [6.07, 6.45) is 2.26. The van der Waals surface area contributed by atoms with E-state index in [4.69, 9.17) is 0 Å². The van der Waals surface area contributed by atoms with E-state index in [0.29, 0.717) is 17.8 Å². The fraction of sp³-hybridized carbons (Fsp3) is 0.846. The molecule has 0 aromatic heterocycles. The van der Waals surface area contributed by atoms with E-state index in [0.717, 1.165) is 12.8 Å². The molecular formula is C13H22O3. The van der Waals surface area contributed by atoms with Crippen LogP contribution in [-0.2, 0) is 14.3 Å². The van der Waals surface area contributed by atoms with Gasteiger partial charge in [-0.2, -0.15) is 0 Å². The van der Waals surface area contributed by atoms with Gasteiger partial charge in [0, 0.05) is 0 Å². The summed E-state index contributed by atoms with van der Waals surface area (Å²) in [4.78, 5) is 22.6. The first-order valence-corrected chi connectivity index (χ1v) is 6.14. The number of ether oxygens (including phenoxy) is 1. The number of carbonyl (C=O) groups excluding carboxylic acids is 2. The third kappa shape index (κ3) is 3.62. The van der Waals surface area contributed by atoms with Crippen molar-refractivity contribution in [3.8, 4) is 0 Å². The third-order valence-corrected chi connectivity index (χ3v) is 3.02. The highest BCUT2D eigenvalue weighted by Gasteiger charge is 2.39. The van der Waals surface area contributed by atoms with E-state index < -0.39 is 0 Å². The van der Waals surface area contributed by atoms with Crippen LogP contribution in [0.2, 0.25) is 0 Å². The standard InChI is InChI=1S/C13H22O3/c1-8(2)5-10(6-9(3)4)11-7-12(14)16-13(11)15/h8-11H,5-7H2,1-4H3. The number of hydrogen-bond acceptors (Lipinski definition) is 3. The summed E-state index contributed by atoms with van der Waals surface area (Å²) in [6.45, 7) is 8.59. The van der Waals surface area contributed by atoms with Gasteiger partial charge in [0.2, 0.25) is 0 Å². The van der Waals surface area contributed by atoms with Gasteiger partial charge in [0.15, 0.2) is 0 Å². The predicted octanol–water partition coefficient (Wildman–Crippen LogP) is 2.78. The van der Waals surface area contributed by atoms with Crippen molar-refractivity contribution in [1.82, 2.24) is 0 Å². The van der Waals surface area contributed by atoms with E-state index in [-0.39, 0.29) is 24.3 Å². The van der Waals surface area contributed by atoms with Crippen LogP contribution in [0.5, 0.6) is 0 Å². The van der Waals surface area contributed by atoms with Crippen molar-refractivity contribution in [3.05, 3.63) is 0 Å². The monoisotopic (exact) mass is 226 g/mol. The molecule has 0 aromatic carbocycles. The second-order valence-electron chi connectivity index (χ2n) is 5.62. The van der Waals surface area contributed by atoms with Crippen molar-refractivity contribution in [1.29, 1.82) is 0 Å². The maximum Gasteiger partial charge on any atom is 0.317 e. The van der Waals surface area contributed by atoms with Gasteiger partial charge < -0.3 is 4.74 Å². The van der Waals surface area contributed by atoms with Gasteiger partial charge in [-0.3, -0.25) is 9.59 Å². The maximum absolute atomic E-state index is 11.5. The lowest BCUT2D eigenvalue weighted by Gasteiger charge is -2.23. The van der Waals surface area contributed by atoms with Crippen molar-refractivity contribution in [3.63, 3.8) is 0 Å². The number of hydrogen-bond donors (Lipinski definition) is 0. The van der Waals surface area contributed by atoms with E-state index in [1.165, 1.54) is 0 Å². The van der Waals surface area contributed by atoms with Crippen LogP contribution in [0, 0.1) is 23.7 Å². The molecule has 0 N–H and O–H groups in total. The lowest BCUT2D eigenvalue weighted by atomic mass is 9.79. The Bertz CT molecular complexity index is 258. The average Bonchev–Trinajstić information content (AvgIpc) is 2.42. The van der Waals surface area contributed by atoms with Gasteiger partial charge in [0.25, 0.3) is 0 Å². The molecule has 0 radical (unpaired) electrons. The molecule has 1 atom stereocenters. The van der Waals surface area contributed by atoms with Crippen molar-refractivity contribution < 1.29 is 14.3 Å². The second kappa shape index (κ2) is 5.46. The molecule has 0 amide bonds. The molecule has 1 aliphatic rings. The van der Waals surface area contributed by atoms with Gasteiger partial charge in [-0.1, -0.05) is 27.7 Å². The quantitative estimate of drug-likeness (QED) is 0.535. The van der Waals surface area contributed by atoms with Gasteiger partial charge >= 0.3 is 11.9 Å². The normalized spacial score (nSPS) is 21.3. The lowest BCUT2D eigenvalue weighted by molar-refractivity contribution is -0.153. The van der Waals surface area contributed by atoms with E-state index in [1.54, 1.807) is 0 Å². The van der Waals surface area contributed by atoms with Crippen LogP contribution in [0.15, 0.2) is 0 Å². The van der Waals surface area contributed by atoms with Crippen LogP contribution in [0.4, 0.5) is 0 Å². The molecule has 3 heteroatoms. The minimum absolute atomic E-state index is 0.197. The van der Waals surface area contributed by atoms with Crippen molar-refractivity contribution in [2.45, 2.75) is 47.0 Å². The van der Waals surface area contributed by atoms with E-state index >= 15 is 0 Å². The first-order valence-electron chi connectivity index (χ1n) is 6.14. The summed E-state index contributed by atoms with van der Waals surface area (Å²) < 4.78 is 4.64. The Morgan fingerprint density at radius 1 is 1.12 bits per heavy atom. The van der Waals surface area contributed by atoms with E-state index in [1.807, 2.05) is 0 Å². The Morgan fingerprint density at radius 3 is 1.94 bits per heavy atom. The molecule has 1 heterocycles. The number of carbonyl (C=O) groups is 2. The molecule has 0 bridgehead atoms.